The summed E-state index contributed by atoms with van der Waals surface area (Å²) in [6.45, 7) is 2.68. The standard InChI is InChI=1S/C23H29N3O2S/c1-2-3-4-5-9-18-28-23(27)17-16-22(29)24-19-12-14-21(15-13-19)26-25-20-10-7-6-8-11-20/h6-8,10-15H,2-5,9,16-18H2,1H3,(H,24,29). The van der Waals surface area contributed by atoms with Gasteiger partial charge in [-0.3, -0.25) is 4.79 Å². The van der Waals surface area contributed by atoms with Gasteiger partial charge in [-0.2, -0.15) is 10.2 Å². The molecule has 0 fully saturated rings. The third-order valence-electron chi connectivity index (χ3n) is 4.26. The maximum Gasteiger partial charge on any atom is 0.306 e. The van der Waals surface area contributed by atoms with Crippen LogP contribution in [-0.4, -0.2) is 17.6 Å². The third kappa shape index (κ3) is 9.94. The fraction of sp³-hybridized carbons (Fsp3) is 0.391. The van der Waals surface area contributed by atoms with E-state index < -0.39 is 0 Å². The van der Waals surface area contributed by atoms with Gasteiger partial charge >= 0.3 is 5.97 Å². The molecule has 0 unspecified atom stereocenters. The molecular formula is C23H29N3O2S. The van der Waals surface area contributed by atoms with Gasteiger partial charge in [-0.1, -0.05) is 63.0 Å². The number of thiocarbonyl (C=S) groups is 1. The number of hydrogen-bond donors (Lipinski definition) is 1. The smallest absolute Gasteiger partial charge is 0.306 e. The molecule has 2 rings (SSSR count). The number of nitrogens with zero attached hydrogens (tertiary/aromatic N) is 2. The summed E-state index contributed by atoms with van der Waals surface area (Å²) in [6, 6.07) is 17.1. The lowest BCUT2D eigenvalue weighted by Gasteiger charge is -2.08. The van der Waals surface area contributed by atoms with Gasteiger partial charge in [-0.15, -0.1) is 0 Å². The van der Waals surface area contributed by atoms with Gasteiger partial charge in [0, 0.05) is 12.1 Å². The van der Waals surface area contributed by atoms with Crippen molar-refractivity contribution in [3.63, 3.8) is 0 Å². The zero-order valence-corrected chi connectivity index (χ0v) is 17.8. The molecule has 0 heterocycles. The van der Waals surface area contributed by atoms with Crippen molar-refractivity contribution in [1.29, 1.82) is 0 Å². The van der Waals surface area contributed by atoms with Gasteiger partial charge in [-0.05, 0) is 42.8 Å². The summed E-state index contributed by atoms with van der Waals surface area (Å²) in [4.78, 5) is 12.4. The molecule has 0 aliphatic heterocycles. The highest BCUT2D eigenvalue weighted by molar-refractivity contribution is 7.80. The van der Waals surface area contributed by atoms with Crippen LogP contribution >= 0.6 is 12.2 Å². The number of rotatable bonds is 12. The molecule has 0 amide bonds. The maximum absolute atomic E-state index is 11.8. The van der Waals surface area contributed by atoms with Crippen molar-refractivity contribution in [2.24, 2.45) is 10.2 Å². The molecule has 0 aliphatic rings. The normalized spacial score (nSPS) is 10.8. The molecule has 6 heteroatoms. The summed E-state index contributed by atoms with van der Waals surface area (Å²) in [7, 11) is 0. The van der Waals surface area contributed by atoms with Crippen molar-refractivity contribution in [2.75, 3.05) is 11.9 Å². The number of benzene rings is 2. The quantitative estimate of drug-likeness (QED) is 0.174. The van der Waals surface area contributed by atoms with Crippen molar-refractivity contribution >= 4 is 40.2 Å². The fourth-order valence-corrected chi connectivity index (χ4v) is 2.84. The van der Waals surface area contributed by atoms with Crippen LogP contribution in [0.2, 0.25) is 0 Å². The van der Waals surface area contributed by atoms with E-state index in [1.165, 1.54) is 19.3 Å². The van der Waals surface area contributed by atoms with E-state index in [0.29, 0.717) is 24.4 Å². The van der Waals surface area contributed by atoms with E-state index in [4.69, 9.17) is 17.0 Å². The Morgan fingerprint density at radius 2 is 1.55 bits per heavy atom. The summed E-state index contributed by atoms with van der Waals surface area (Å²) < 4.78 is 5.25. The molecule has 2 aromatic rings. The Bertz CT molecular complexity index is 776. The van der Waals surface area contributed by atoms with E-state index in [-0.39, 0.29) is 5.97 Å². The SMILES string of the molecule is CCCCCCCOC(=O)CCC(=S)Nc1ccc(N=Nc2ccccc2)cc1. The molecule has 0 saturated heterocycles. The molecule has 154 valence electrons. The first-order chi connectivity index (χ1) is 14.2. The molecule has 2 aromatic carbocycles. The van der Waals surface area contributed by atoms with Crippen molar-refractivity contribution < 1.29 is 9.53 Å². The van der Waals surface area contributed by atoms with Crippen LogP contribution in [0.4, 0.5) is 17.1 Å². The number of ether oxygens (including phenoxy) is 1. The van der Waals surface area contributed by atoms with Crippen LogP contribution in [0, 0.1) is 0 Å². The molecule has 1 N–H and O–H groups in total. The Kier molecular flexibility index (Phi) is 10.6. The molecule has 0 aromatic heterocycles. The highest BCUT2D eigenvalue weighted by Gasteiger charge is 2.06. The highest BCUT2D eigenvalue weighted by atomic mass is 32.1. The van der Waals surface area contributed by atoms with Crippen LogP contribution < -0.4 is 5.32 Å². The van der Waals surface area contributed by atoms with E-state index in [1.807, 2.05) is 54.6 Å². The Hall–Kier alpha value is -2.60. The minimum absolute atomic E-state index is 0.193. The lowest BCUT2D eigenvalue weighted by molar-refractivity contribution is -0.143. The lowest BCUT2D eigenvalue weighted by Crippen LogP contribution is -2.13. The Morgan fingerprint density at radius 3 is 2.24 bits per heavy atom. The number of carbonyl (C=O) groups is 1. The Morgan fingerprint density at radius 1 is 0.897 bits per heavy atom. The maximum atomic E-state index is 11.8. The number of hydrogen-bond acceptors (Lipinski definition) is 5. The number of unbranched alkanes of at least 4 members (excludes halogenated alkanes) is 4. The molecule has 0 spiro atoms. The van der Waals surface area contributed by atoms with Gasteiger partial charge in [-0.25, -0.2) is 0 Å². The van der Waals surface area contributed by atoms with Crippen LogP contribution in [0.3, 0.4) is 0 Å². The fourth-order valence-electron chi connectivity index (χ4n) is 2.62. The predicted octanol–water partition coefficient (Wildman–Crippen LogP) is 7.14. The summed E-state index contributed by atoms with van der Waals surface area (Å²) in [5, 5.41) is 11.5. The molecule has 0 bridgehead atoms. The first-order valence-electron chi connectivity index (χ1n) is 10.2. The molecule has 0 aliphatic carbocycles. The minimum Gasteiger partial charge on any atom is -0.466 e. The van der Waals surface area contributed by atoms with E-state index in [9.17, 15) is 4.79 Å². The monoisotopic (exact) mass is 411 g/mol. The average Bonchev–Trinajstić information content (AvgIpc) is 2.75. The molecule has 0 saturated carbocycles. The van der Waals surface area contributed by atoms with Gasteiger partial charge in [0.15, 0.2) is 0 Å². The molecular weight excluding hydrogens is 382 g/mol. The second-order valence-corrected chi connectivity index (χ2v) is 7.26. The van der Waals surface area contributed by atoms with Crippen LogP contribution in [0.5, 0.6) is 0 Å². The van der Waals surface area contributed by atoms with E-state index in [0.717, 1.165) is 29.9 Å². The summed E-state index contributed by atoms with van der Waals surface area (Å²) in [5.74, 6) is -0.193. The van der Waals surface area contributed by atoms with Crippen molar-refractivity contribution in [1.82, 2.24) is 0 Å². The number of azo groups is 1. The number of anilines is 1. The predicted molar refractivity (Wildman–Crippen MR) is 122 cm³/mol. The lowest BCUT2D eigenvalue weighted by atomic mass is 10.2. The Balaban J connectivity index is 1.66. The Labute approximate surface area is 178 Å². The van der Waals surface area contributed by atoms with Crippen LogP contribution in [0.1, 0.15) is 51.9 Å². The van der Waals surface area contributed by atoms with Crippen molar-refractivity contribution in [2.45, 2.75) is 51.9 Å². The van der Waals surface area contributed by atoms with Crippen LogP contribution in [-0.2, 0) is 9.53 Å². The average molecular weight is 412 g/mol. The van der Waals surface area contributed by atoms with Crippen molar-refractivity contribution in [3.8, 4) is 0 Å². The second-order valence-electron chi connectivity index (χ2n) is 6.77. The van der Waals surface area contributed by atoms with Crippen LogP contribution in [0.15, 0.2) is 64.8 Å². The minimum atomic E-state index is -0.193. The van der Waals surface area contributed by atoms with E-state index in [1.54, 1.807) is 0 Å². The van der Waals surface area contributed by atoms with Gasteiger partial charge in [0.1, 0.15) is 0 Å². The number of nitrogens with one attached hydrogen (secondary N) is 1. The summed E-state index contributed by atoms with van der Waals surface area (Å²) in [6.07, 6.45) is 6.47. The molecule has 29 heavy (non-hydrogen) atoms. The summed E-state index contributed by atoms with van der Waals surface area (Å²) >= 11 is 5.32. The van der Waals surface area contributed by atoms with E-state index in [2.05, 4.69) is 22.5 Å². The zero-order valence-electron chi connectivity index (χ0n) is 17.0. The molecule has 0 radical (unpaired) electrons. The third-order valence-corrected chi connectivity index (χ3v) is 4.56. The highest BCUT2D eigenvalue weighted by Crippen LogP contribution is 2.20. The zero-order chi connectivity index (χ0) is 20.7. The second kappa shape index (κ2) is 13.6. The van der Waals surface area contributed by atoms with Gasteiger partial charge in [0.05, 0.1) is 29.4 Å². The summed E-state index contributed by atoms with van der Waals surface area (Å²) in [5.41, 5.74) is 2.43. The van der Waals surface area contributed by atoms with Crippen molar-refractivity contribution in [3.05, 3.63) is 54.6 Å². The van der Waals surface area contributed by atoms with Gasteiger partial charge in [0.2, 0.25) is 0 Å². The molecule has 0 atom stereocenters. The number of esters is 1. The first kappa shape index (κ1) is 22.7. The largest absolute Gasteiger partial charge is 0.466 e. The van der Waals surface area contributed by atoms with Gasteiger partial charge < -0.3 is 10.1 Å². The van der Waals surface area contributed by atoms with Crippen LogP contribution in [0.25, 0.3) is 0 Å². The van der Waals surface area contributed by atoms with Gasteiger partial charge in [0.25, 0.3) is 0 Å². The molecule has 5 nitrogen and oxygen atoms in total. The number of carbonyl (C=O) groups excluding carboxylic acids is 1. The first-order valence-corrected chi connectivity index (χ1v) is 10.6. The topological polar surface area (TPSA) is 63.0 Å². The van der Waals surface area contributed by atoms with E-state index >= 15 is 0 Å².